The zero-order valence-corrected chi connectivity index (χ0v) is 23.0. The molecule has 38 heavy (non-hydrogen) atoms. The SMILES string of the molecule is CCCC1CCC(CCCCc2ccc(-c3ccc(C4OC(C(=O)OC)C(C(=O)OC)O4)cc3)cc2)CC1. The number of unbranched alkanes of at least 4 members (excludes halogenated alkanes) is 1. The van der Waals surface area contributed by atoms with Gasteiger partial charge in [0.15, 0.2) is 18.5 Å². The van der Waals surface area contributed by atoms with E-state index in [1.54, 1.807) is 0 Å². The van der Waals surface area contributed by atoms with Crippen LogP contribution in [0.1, 0.15) is 82.1 Å². The Morgan fingerprint density at radius 3 is 1.74 bits per heavy atom. The van der Waals surface area contributed by atoms with Crippen molar-refractivity contribution in [1.29, 1.82) is 0 Å². The molecule has 2 atom stereocenters. The normalized spacial score (nSPS) is 25.2. The molecule has 0 radical (unpaired) electrons. The molecule has 2 aliphatic rings. The van der Waals surface area contributed by atoms with E-state index in [0.717, 1.165) is 29.4 Å². The summed E-state index contributed by atoms with van der Waals surface area (Å²) >= 11 is 0. The minimum absolute atomic E-state index is 0.672. The highest BCUT2D eigenvalue weighted by Crippen LogP contribution is 2.35. The van der Waals surface area contributed by atoms with E-state index in [4.69, 9.17) is 18.9 Å². The third kappa shape index (κ3) is 7.23. The number of aryl methyl sites for hydroxylation is 1. The summed E-state index contributed by atoms with van der Waals surface area (Å²) in [6.45, 7) is 2.31. The molecule has 6 heteroatoms. The van der Waals surface area contributed by atoms with Crippen molar-refractivity contribution >= 4 is 11.9 Å². The summed E-state index contributed by atoms with van der Waals surface area (Å²) in [6, 6.07) is 16.5. The molecule has 0 spiro atoms. The smallest absolute Gasteiger partial charge is 0.338 e. The van der Waals surface area contributed by atoms with Crippen LogP contribution >= 0.6 is 0 Å². The highest BCUT2D eigenvalue weighted by molar-refractivity contribution is 5.86. The molecule has 0 N–H and O–H groups in total. The van der Waals surface area contributed by atoms with Crippen LogP contribution in [0, 0.1) is 11.8 Å². The second-order valence-electron chi connectivity index (χ2n) is 10.7. The second-order valence-corrected chi connectivity index (χ2v) is 10.7. The summed E-state index contributed by atoms with van der Waals surface area (Å²) < 4.78 is 20.9. The van der Waals surface area contributed by atoms with Gasteiger partial charge >= 0.3 is 11.9 Å². The fourth-order valence-electron chi connectivity index (χ4n) is 5.86. The fourth-order valence-corrected chi connectivity index (χ4v) is 5.86. The van der Waals surface area contributed by atoms with Crippen molar-refractivity contribution in [3.63, 3.8) is 0 Å². The summed E-state index contributed by atoms with van der Waals surface area (Å²) in [5.74, 6) is 0.600. The highest BCUT2D eigenvalue weighted by atomic mass is 16.8. The molecule has 6 nitrogen and oxygen atoms in total. The monoisotopic (exact) mass is 522 g/mol. The van der Waals surface area contributed by atoms with Crippen molar-refractivity contribution in [2.24, 2.45) is 11.8 Å². The number of hydrogen-bond acceptors (Lipinski definition) is 6. The van der Waals surface area contributed by atoms with E-state index in [2.05, 4.69) is 31.2 Å². The van der Waals surface area contributed by atoms with Crippen LogP contribution < -0.4 is 0 Å². The molecule has 0 aromatic heterocycles. The Bertz CT molecular complexity index is 999. The summed E-state index contributed by atoms with van der Waals surface area (Å²) in [4.78, 5) is 24.1. The van der Waals surface area contributed by atoms with E-state index < -0.39 is 30.4 Å². The standard InChI is InChI=1S/C32H42O6/c1-4-7-22-10-12-23(13-11-22)8-5-6-9-24-14-16-25(17-15-24)26-18-20-27(21-19-26)32-37-28(30(33)35-2)29(38-32)31(34)36-3/h14-23,28-29,32H,4-13H2,1-3H3. The van der Waals surface area contributed by atoms with Gasteiger partial charge in [-0.25, -0.2) is 9.59 Å². The van der Waals surface area contributed by atoms with Crippen LogP contribution in [0.5, 0.6) is 0 Å². The molecular formula is C32H42O6. The van der Waals surface area contributed by atoms with Gasteiger partial charge in [0.25, 0.3) is 0 Å². The maximum atomic E-state index is 12.0. The van der Waals surface area contributed by atoms with Gasteiger partial charge in [-0.3, -0.25) is 0 Å². The molecule has 2 unspecified atom stereocenters. The Hall–Kier alpha value is -2.70. The van der Waals surface area contributed by atoms with Crippen molar-refractivity contribution in [1.82, 2.24) is 0 Å². The molecule has 2 aromatic rings. The second kappa shape index (κ2) is 13.9. The number of carbonyl (C=O) groups excluding carboxylic acids is 2. The van der Waals surface area contributed by atoms with Gasteiger partial charge in [0.05, 0.1) is 14.2 Å². The van der Waals surface area contributed by atoms with Gasteiger partial charge in [-0.15, -0.1) is 0 Å². The Labute approximate surface area is 227 Å². The van der Waals surface area contributed by atoms with E-state index >= 15 is 0 Å². The molecule has 4 rings (SSSR count). The molecule has 0 amide bonds. The van der Waals surface area contributed by atoms with Crippen LogP contribution in [0.15, 0.2) is 48.5 Å². The number of esters is 2. The van der Waals surface area contributed by atoms with Crippen molar-refractivity contribution in [2.45, 2.75) is 89.6 Å². The predicted octanol–water partition coefficient (Wildman–Crippen LogP) is 6.80. The topological polar surface area (TPSA) is 71.1 Å². The lowest BCUT2D eigenvalue weighted by atomic mass is 9.78. The van der Waals surface area contributed by atoms with E-state index in [-0.39, 0.29) is 0 Å². The number of hydrogen-bond donors (Lipinski definition) is 0. The lowest BCUT2D eigenvalue weighted by molar-refractivity contribution is -0.160. The van der Waals surface area contributed by atoms with Crippen LogP contribution in [0.3, 0.4) is 0 Å². The molecular weight excluding hydrogens is 480 g/mol. The van der Waals surface area contributed by atoms with Gasteiger partial charge in [-0.2, -0.15) is 0 Å². The Kier molecular flexibility index (Phi) is 10.4. The van der Waals surface area contributed by atoms with Crippen LogP contribution in [-0.2, 0) is 35.0 Å². The van der Waals surface area contributed by atoms with Crippen LogP contribution in [0.4, 0.5) is 0 Å². The Morgan fingerprint density at radius 2 is 1.24 bits per heavy atom. The summed E-state index contributed by atoms with van der Waals surface area (Å²) in [5.41, 5.74) is 4.31. The van der Waals surface area contributed by atoms with Crippen molar-refractivity contribution in [3.8, 4) is 11.1 Å². The quantitative estimate of drug-likeness (QED) is 0.239. The minimum Gasteiger partial charge on any atom is -0.467 e. The molecule has 206 valence electrons. The lowest BCUT2D eigenvalue weighted by Crippen LogP contribution is -2.38. The summed E-state index contributed by atoms with van der Waals surface area (Å²) in [5, 5.41) is 0. The van der Waals surface area contributed by atoms with E-state index in [9.17, 15) is 9.59 Å². The van der Waals surface area contributed by atoms with Gasteiger partial charge in [0.1, 0.15) is 0 Å². The van der Waals surface area contributed by atoms with Gasteiger partial charge < -0.3 is 18.9 Å². The molecule has 1 saturated carbocycles. The van der Waals surface area contributed by atoms with E-state index in [1.807, 2.05) is 24.3 Å². The van der Waals surface area contributed by atoms with Crippen LogP contribution in [0.2, 0.25) is 0 Å². The first-order valence-electron chi connectivity index (χ1n) is 14.2. The average molecular weight is 523 g/mol. The number of carbonyl (C=O) groups is 2. The zero-order valence-electron chi connectivity index (χ0n) is 23.0. The highest BCUT2D eigenvalue weighted by Gasteiger charge is 2.47. The molecule has 2 fully saturated rings. The molecule has 0 bridgehead atoms. The van der Waals surface area contributed by atoms with Gasteiger partial charge in [-0.1, -0.05) is 107 Å². The molecule has 1 aliphatic heterocycles. The number of benzene rings is 2. The van der Waals surface area contributed by atoms with E-state index in [1.165, 1.54) is 77.6 Å². The minimum atomic E-state index is -1.16. The van der Waals surface area contributed by atoms with E-state index in [0.29, 0.717) is 5.56 Å². The molecule has 1 aliphatic carbocycles. The fraction of sp³-hybridized carbons (Fsp3) is 0.562. The average Bonchev–Trinajstić information content (AvgIpc) is 3.42. The largest absolute Gasteiger partial charge is 0.467 e. The maximum absolute atomic E-state index is 12.0. The van der Waals surface area contributed by atoms with Gasteiger partial charge in [-0.05, 0) is 41.4 Å². The van der Waals surface area contributed by atoms with Crippen LogP contribution in [0.25, 0.3) is 11.1 Å². The Morgan fingerprint density at radius 1 is 0.737 bits per heavy atom. The van der Waals surface area contributed by atoms with Crippen molar-refractivity contribution in [3.05, 3.63) is 59.7 Å². The summed E-state index contributed by atoms with van der Waals surface area (Å²) in [6.07, 6.45) is 10.4. The predicted molar refractivity (Wildman–Crippen MR) is 146 cm³/mol. The molecule has 2 aromatic carbocycles. The van der Waals surface area contributed by atoms with Gasteiger partial charge in [0.2, 0.25) is 0 Å². The Balaban J connectivity index is 1.25. The van der Waals surface area contributed by atoms with Crippen molar-refractivity contribution < 1.29 is 28.5 Å². The lowest BCUT2D eigenvalue weighted by Gasteiger charge is -2.28. The number of ether oxygens (including phenoxy) is 4. The van der Waals surface area contributed by atoms with Gasteiger partial charge in [0, 0.05) is 5.56 Å². The molecule has 1 saturated heterocycles. The third-order valence-electron chi connectivity index (χ3n) is 8.14. The third-order valence-corrected chi connectivity index (χ3v) is 8.14. The first-order valence-corrected chi connectivity index (χ1v) is 14.2. The molecule has 1 heterocycles. The number of rotatable bonds is 11. The summed E-state index contributed by atoms with van der Waals surface area (Å²) in [7, 11) is 2.49. The maximum Gasteiger partial charge on any atom is 0.338 e. The van der Waals surface area contributed by atoms with Crippen molar-refractivity contribution in [2.75, 3.05) is 14.2 Å². The first kappa shape index (κ1) is 28.3. The zero-order chi connectivity index (χ0) is 26.9. The number of methoxy groups -OCH3 is 2. The first-order chi connectivity index (χ1) is 18.5. The van der Waals surface area contributed by atoms with Crippen LogP contribution in [-0.4, -0.2) is 38.4 Å².